The van der Waals surface area contributed by atoms with E-state index >= 15 is 0 Å². The standard InChI is InChI=1S/C18H28/c1-4-6-7-8-9-10-13-17-14-11-12-15-18(17)16(3)5-2/h10-16H,4-9H2,1-3H3. The summed E-state index contributed by atoms with van der Waals surface area (Å²) in [6, 6.07) is 8.80. The summed E-state index contributed by atoms with van der Waals surface area (Å²) in [5, 5.41) is 0. The van der Waals surface area contributed by atoms with Gasteiger partial charge in [0.1, 0.15) is 0 Å². The van der Waals surface area contributed by atoms with Crippen LogP contribution in [0.5, 0.6) is 0 Å². The van der Waals surface area contributed by atoms with Crippen LogP contribution in [-0.4, -0.2) is 0 Å². The van der Waals surface area contributed by atoms with Gasteiger partial charge in [-0.05, 0) is 36.3 Å². The molecule has 0 N–H and O–H groups in total. The number of hydrogen-bond acceptors (Lipinski definition) is 0. The Morgan fingerprint density at radius 3 is 2.56 bits per heavy atom. The largest absolute Gasteiger partial charge is 0.0839 e. The molecule has 0 saturated carbocycles. The van der Waals surface area contributed by atoms with Gasteiger partial charge in [-0.25, -0.2) is 0 Å². The van der Waals surface area contributed by atoms with Crippen LogP contribution in [0, 0.1) is 0 Å². The van der Waals surface area contributed by atoms with Crippen molar-refractivity contribution in [2.45, 2.75) is 65.2 Å². The molecule has 0 radical (unpaired) electrons. The van der Waals surface area contributed by atoms with Crippen molar-refractivity contribution in [3.63, 3.8) is 0 Å². The Morgan fingerprint density at radius 1 is 1.06 bits per heavy atom. The summed E-state index contributed by atoms with van der Waals surface area (Å²) >= 11 is 0. The van der Waals surface area contributed by atoms with E-state index in [0.29, 0.717) is 5.92 Å². The molecule has 1 aromatic carbocycles. The van der Waals surface area contributed by atoms with Crippen LogP contribution in [-0.2, 0) is 0 Å². The maximum atomic E-state index is 2.34. The van der Waals surface area contributed by atoms with Crippen LogP contribution < -0.4 is 0 Å². The number of allylic oxidation sites excluding steroid dienone is 1. The summed E-state index contributed by atoms with van der Waals surface area (Å²) in [6.45, 7) is 6.84. The lowest BCUT2D eigenvalue weighted by molar-refractivity contribution is 0.675. The van der Waals surface area contributed by atoms with E-state index in [0.717, 1.165) is 0 Å². The van der Waals surface area contributed by atoms with Crippen LogP contribution in [0.4, 0.5) is 0 Å². The minimum absolute atomic E-state index is 0.658. The van der Waals surface area contributed by atoms with E-state index in [4.69, 9.17) is 0 Å². The van der Waals surface area contributed by atoms with Gasteiger partial charge in [-0.15, -0.1) is 0 Å². The monoisotopic (exact) mass is 244 g/mol. The van der Waals surface area contributed by atoms with E-state index in [-0.39, 0.29) is 0 Å². The molecule has 0 heterocycles. The van der Waals surface area contributed by atoms with Crippen molar-refractivity contribution in [3.8, 4) is 0 Å². The van der Waals surface area contributed by atoms with Crippen molar-refractivity contribution < 1.29 is 0 Å². The smallest absolute Gasteiger partial charge is 0.0187 e. The highest BCUT2D eigenvalue weighted by atomic mass is 14.1. The topological polar surface area (TPSA) is 0 Å². The van der Waals surface area contributed by atoms with Crippen molar-refractivity contribution in [1.82, 2.24) is 0 Å². The van der Waals surface area contributed by atoms with Crippen LogP contribution in [0.25, 0.3) is 6.08 Å². The quantitative estimate of drug-likeness (QED) is 0.479. The van der Waals surface area contributed by atoms with E-state index in [9.17, 15) is 0 Å². The lowest BCUT2D eigenvalue weighted by Gasteiger charge is -2.12. The third-order valence-electron chi connectivity index (χ3n) is 3.66. The maximum Gasteiger partial charge on any atom is -0.0187 e. The predicted molar refractivity (Wildman–Crippen MR) is 82.9 cm³/mol. The lowest BCUT2D eigenvalue weighted by atomic mass is 9.93. The molecule has 0 heteroatoms. The second-order valence-corrected chi connectivity index (χ2v) is 5.19. The Labute approximate surface area is 113 Å². The van der Waals surface area contributed by atoms with Gasteiger partial charge in [-0.3, -0.25) is 0 Å². The molecule has 1 unspecified atom stereocenters. The second-order valence-electron chi connectivity index (χ2n) is 5.19. The zero-order valence-corrected chi connectivity index (χ0v) is 12.3. The van der Waals surface area contributed by atoms with E-state index in [1.54, 1.807) is 0 Å². The Morgan fingerprint density at radius 2 is 1.83 bits per heavy atom. The van der Waals surface area contributed by atoms with Gasteiger partial charge in [0, 0.05) is 0 Å². The lowest BCUT2D eigenvalue weighted by Crippen LogP contribution is -1.94. The highest BCUT2D eigenvalue weighted by Gasteiger charge is 2.05. The molecule has 0 saturated heterocycles. The van der Waals surface area contributed by atoms with Gasteiger partial charge in [0.15, 0.2) is 0 Å². The number of benzene rings is 1. The van der Waals surface area contributed by atoms with E-state index in [1.165, 1.54) is 49.7 Å². The normalized spacial score (nSPS) is 13.1. The molecule has 0 bridgehead atoms. The third-order valence-corrected chi connectivity index (χ3v) is 3.66. The van der Waals surface area contributed by atoms with E-state index in [2.05, 4.69) is 57.2 Å². The van der Waals surface area contributed by atoms with Gasteiger partial charge in [0.2, 0.25) is 0 Å². The van der Waals surface area contributed by atoms with E-state index < -0.39 is 0 Å². The first-order chi connectivity index (χ1) is 8.79. The SMILES string of the molecule is CCCCCCC=Cc1ccccc1C(C)CC. The first-order valence-electron chi connectivity index (χ1n) is 7.55. The number of hydrogen-bond donors (Lipinski definition) is 0. The van der Waals surface area contributed by atoms with Crippen LogP contribution >= 0.6 is 0 Å². The van der Waals surface area contributed by atoms with Crippen molar-refractivity contribution in [3.05, 3.63) is 41.5 Å². The van der Waals surface area contributed by atoms with Gasteiger partial charge >= 0.3 is 0 Å². The summed E-state index contributed by atoms with van der Waals surface area (Å²) in [5.74, 6) is 0.658. The Balaban J connectivity index is 2.53. The van der Waals surface area contributed by atoms with Gasteiger partial charge < -0.3 is 0 Å². The van der Waals surface area contributed by atoms with Crippen LogP contribution in [0.3, 0.4) is 0 Å². The van der Waals surface area contributed by atoms with Crippen LogP contribution in [0.2, 0.25) is 0 Å². The molecule has 1 rings (SSSR count). The molecule has 1 aromatic rings. The van der Waals surface area contributed by atoms with Gasteiger partial charge in [0.05, 0.1) is 0 Å². The fraction of sp³-hybridized carbons (Fsp3) is 0.556. The minimum Gasteiger partial charge on any atom is -0.0839 e. The molecular weight excluding hydrogens is 216 g/mol. The average molecular weight is 244 g/mol. The third kappa shape index (κ3) is 5.08. The number of unbranched alkanes of at least 4 members (excludes halogenated alkanes) is 4. The van der Waals surface area contributed by atoms with Crippen molar-refractivity contribution in [2.24, 2.45) is 0 Å². The predicted octanol–water partition coefficient (Wildman–Crippen LogP) is 6.18. The molecule has 0 nitrogen and oxygen atoms in total. The fourth-order valence-electron chi connectivity index (χ4n) is 2.23. The summed E-state index contributed by atoms with van der Waals surface area (Å²) in [4.78, 5) is 0. The Bertz CT molecular complexity index is 349. The molecule has 0 aromatic heterocycles. The van der Waals surface area contributed by atoms with Crippen LogP contribution in [0.15, 0.2) is 30.3 Å². The molecule has 0 aliphatic heterocycles. The summed E-state index contributed by atoms with van der Waals surface area (Å²) < 4.78 is 0. The first kappa shape index (κ1) is 15.0. The molecule has 0 amide bonds. The molecule has 0 aliphatic carbocycles. The maximum absolute atomic E-state index is 2.34. The fourth-order valence-corrected chi connectivity index (χ4v) is 2.23. The van der Waals surface area contributed by atoms with Gasteiger partial charge in [-0.1, -0.05) is 76.5 Å². The average Bonchev–Trinajstić information content (AvgIpc) is 2.42. The molecule has 1 atom stereocenters. The Kier molecular flexibility index (Phi) is 7.48. The molecular formula is C18H28. The molecule has 100 valence electrons. The molecule has 0 fully saturated rings. The highest BCUT2D eigenvalue weighted by molar-refractivity contribution is 5.54. The molecule has 0 aliphatic rings. The Hall–Kier alpha value is -1.04. The van der Waals surface area contributed by atoms with Crippen LogP contribution in [0.1, 0.15) is 76.3 Å². The second kappa shape index (κ2) is 8.97. The summed E-state index contributed by atoms with van der Waals surface area (Å²) in [6.07, 6.45) is 12.5. The first-order valence-corrected chi connectivity index (χ1v) is 7.55. The van der Waals surface area contributed by atoms with Gasteiger partial charge in [0.25, 0.3) is 0 Å². The zero-order chi connectivity index (χ0) is 13.2. The number of rotatable bonds is 8. The summed E-state index contributed by atoms with van der Waals surface area (Å²) in [5.41, 5.74) is 2.90. The van der Waals surface area contributed by atoms with Crippen molar-refractivity contribution in [1.29, 1.82) is 0 Å². The molecule has 18 heavy (non-hydrogen) atoms. The van der Waals surface area contributed by atoms with E-state index in [1.807, 2.05) is 0 Å². The van der Waals surface area contributed by atoms with Gasteiger partial charge in [-0.2, -0.15) is 0 Å². The summed E-state index contributed by atoms with van der Waals surface area (Å²) in [7, 11) is 0. The molecule has 0 spiro atoms. The zero-order valence-electron chi connectivity index (χ0n) is 12.3. The van der Waals surface area contributed by atoms with Crippen molar-refractivity contribution in [2.75, 3.05) is 0 Å². The highest BCUT2D eigenvalue weighted by Crippen LogP contribution is 2.23. The minimum atomic E-state index is 0.658. The van der Waals surface area contributed by atoms with Crippen molar-refractivity contribution >= 4 is 6.08 Å².